The van der Waals surface area contributed by atoms with Gasteiger partial charge in [0, 0.05) is 38.9 Å². The number of rotatable bonds is 3. The lowest BCUT2D eigenvalue weighted by Crippen LogP contribution is -2.52. The molecule has 4 rings (SSSR count). The number of sulfonamides is 1. The maximum absolute atomic E-state index is 13.4. The fourth-order valence-electron chi connectivity index (χ4n) is 4.21. The van der Waals surface area contributed by atoms with Crippen molar-refractivity contribution in [1.82, 2.24) is 14.2 Å². The van der Waals surface area contributed by atoms with E-state index >= 15 is 0 Å². The Hall–Kier alpha value is -1.48. The molecule has 0 amide bonds. The fraction of sp³-hybridized carbons (Fsp3) is 0.500. The van der Waals surface area contributed by atoms with Gasteiger partial charge >= 0.3 is 0 Å². The van der Waals surface area contributed by atoms with Crippen LogP contribution >= 0.6 is 11.3 Å². The highest BCUT2D eigenvalue weighted by molar-refractivity contribution is 7.89. The zero-order valence-corrected chi connectivity index (χ0v) is 16.9. The molecular weight excluding hydrogens is 368 g/mol. The summed E-state index contributed by atoms with van der Waals surface area (Å²) in [6.07, 6.45) is 1.67. The highest BCUT2D eigenvalue weighted by atomic mass is 32.2. The second-order valence-electron chi connectivity index (χ2n) is 7.33. The summed E-state index contributed by atoms with van der Waals surface area (Å²) in [5, 5.41) is 4.24. The zero-order chi connectivity index (χ0) is 18.5. The van der Waals surface area contributed by atoms with Crippen molar-refractivity contribution < 1.29 is 8.42 Å². The highest BCUT2D eigenvalue weighted by Crippen LogP contribution is 2.37. The van der Waals surface area contributed by atoms with Crippen LogP contribution in [-0.2, 0) is 16.6 Å². The van der Waals surface area contributed by atoms with E-state index in [2.05, 4.69) is 31.6 Å². The predicted octanol–water partition coefficient (Wildman–Crippen LogP) is 2.25. The van der Waals surface area contributed by atoms with Crippen molar-refractivity contribution in [3.8, 4) is 0 Å². The molecule has 2 aromatic heterocycles. The van der Waals surface area contributed by atoms with Crippen molar-refractivity contribution in [2.24, 2.45) is 0 Å². The van der Waals surface area contributed by atoms with Crippen LogP contribution in [0, 0.1) is 0 Å². The van der Waals surface area contributed by atoms with Crippen LogP contribution < -0.4 is 4.90 Å². The van der Waals surface area contributed by atoms with Crippen LogP contribution in [-0.4, -0.2) is 60.9 Å². The number of hydrogen-bond acceptors (Lipinski definition) is 6. The Kier molecular flexibility index (Phi) is 4.54. The quantitative estimate of drug-likeness (QED) is 0.802. The van der Waals surface area contributed by atoms with Gasteiger partial charge in [-0.05, 0) is 48.4 Å². The lowest BCUT2D eigenvalue weighted by atomic mass is 10.1. The smallest absolute Gasteiger partial charge is 0.247 e. The van der Waals surface area contributed by atoms with Crippen LogP contribution in [0.5, 0.6) is 0 Å². The molecule has 0 N–H and O–H groups in total. The molecule has 0 aromatic carbocycles. The van der Waals surface area contributed by atoms with Crippen LogP contribution in [0.15, 0.2) is 40.1 Å². The summed E-state index contributed by atoms with van der Waals surface area (Å²) in [7, 11) is -1.62. The van der Waals surface area contributed by atoms with Gasteiger partial charge in [-0.3, -0.25) is 4.90 Å². The highest BCUT2D eigenvalue weighted by Gasteiger charge is 2.49. The van der Waals surface area contributed by atoms with Crippen LogP contribution in [0.3, 0.4) is 0 Å². The normalized spacial score (nSPS) is 25.9. The van der Waals surface area contributed by atoms with E-state index in [0.717, 1.165) is 19.6 Å². The van der Waals surface area contributed by atoms with Crippen molar-refractivity contribution >= 4 is 27.2 Å². The van der Waals surface area contributed by atoms with Crippen molar-refractivity contribution in [2.45, 2.75) is 43.4 Å². The Morgan fingerprint density at radius 1 is 1.27 bits per heavy atom. The van der Waals surface area contributed by atoms with Gasteiger partial charge in [0.2, 0.25) is 10.0 Å². The summed E-state index contributed by atoms with van der Waals surface area (Å²) < 4.78 is 28.5. The van der Waals surface area contributed by atoms with Crippen molar-refractivity contribution in [2.75, 3.05) is 25.0 Å². The van der Waals surface area contributed by atoms with E-state index in [4.69, 9.17) is 0 Å². The topological polar surface area (TPSA) is 56.8 Å². The molecule has 140 valence electrons. The molecule has 2 aromatic rings. The maximum atomic E-state index is 13.4. The van der Waals surface area contributed by atoms with Gasteiger partial charge in [-0.2, -0.15) is 15.6 Å². The first-order valence-electron chi connectivity index (χ1n) is 8.84. The lowest BCUT2D eigenvalue weighted by Gasteiger charge is -2.34. The minimum atomic E-state index is -3.59. The predicted molar refractivity (Wildman–Crippen MR) is 104 cm³/mol. The molecule has 2 aliphatic rings. The van der Waals surface area contributed by atoms with Gasteiger partial charge in [0.15, 0.2) is 0 Å². The molecule has 2 aliphatic heterocycles. The van der Waals surface area contributed by atoms with Gasteiger partial charge < -0.3 is 4.90 Å². The number of thiophene rings is 1. The van der Waals surface area contributed by atoms with E-state index in [1.165, 1.54) is 5.56 Å². The molecule has 0 spiro atoms. The molecule has 0 bridgehead atoms. The first-order valence-corrected chi connectivity index (χ1v) is 11.2. The monoisotopic (exact) mass is 392 g/mol. The Labute approximate surface area is 159 Å². The summed E-state index contributed by atoms with van der Waals surface area (Å²) in [5.74, 6) is 0.558. The molecule has 2 atom stereocenters. The van der Waals surface area contributed by atoms with Gasteiger partial charge in [-0.1, -0.05) is 0 Å². The van der Waals surface area contributed by atoms with E-state index < -0.39 is 10.0 Å². The second-order valence-corrected chi connectivity index (χ2v) is 9.92. The minimum absolute atomic E-state index is 0.0851. The molecule has 1 saturated heterocycles. The summed E-state index contributed by atoms with van der Waals surface area (Å²) >= 11 is 1.69. The number of pyridine rings is 1. The third kappa shape index (κ3) is 2.85. The molecule has 6 nitrogen and oxygen atoms in total. The average molecular weight is 393 g/mol. The molecule has 8 heteroatoms. The van der Waals surface area contributed by atoms with Crippen molar-refractivity contribution in [1.29, 1.82) is 0 Å². The number of fused-ring (bicyclic) bond motifs is 2. The Morgan fingerprint density at radius 2 is 2.04 bits per heavy atom. The van der Waals surface area contributed by atoms with Crippen LogP contribution in [0.2, 0.25) is 0 Å². The summed E-state index contributed by atoms with van der Waals surface area (Å²) in [6, 6.07) is 5.41. The molecule has 0 aliphatic carbocycles. The fourth-order valence-corrected chi connectivity index (χ4v) is 6.89. The Balaban J connectivity index is 1.75. The number of aromatic nitrogens is 1. The first kappa shape index (κ1) is 17.9. The zero-order valence-electron chi connectivity index (χ0n) is 15.2. The Bertz CT molecular complexity index is 882. The van der Waals surface area contributed by atoms with E-state index in [1.54, 1.807) is 34.0 Å². The SMILES string of the molecule is CC(C)N1[C@@H]2CN(Cc3ccsc3)C[C@@H]2N(C)c2ncccc2S1(=O)=O. The first-order chi connectivity index (χ1) is 12.4. The average Bonchev–Trinajstić information content (AvgIpc) is 3.23. The maximum Gasteiger partial charge on any atom is 0.247 e. The van der Waals surface area contributed by atoms with E-state index in [9.17, 15) is 8.42 Å². The summed E-state index contributed by atoms with van der Waals surface area (Å²) in [5.41, 5.74) is 1.28. The molecule has 0 radical (unpaired) electrons. The largest absolute Gasteiger partial charge is 0.353 e. The number of nitrogens with zero attached hydrogens (tertiary/aromatic N) is 4. The van der Waals surface area contributed by atoms with Crippen LogP contribution in [0.1, 0.15) is 19.4 Å². The van der Waals surface area contributed by atoms with E-state index in [-0.39, 0.29) is 18.1 Å². The molecule has 1 fully saturated rings. The van der Waals surface area contributed by atoms with Gasteiger partial charge in [0.25, 0.3) is 0 Å². The number of likely N-dealkylation sites (N-methyl/N-ethyl adjacent to an activating group) is 1. The third-order valence-electron chi connectivity index (χ3n) is 5.29. The number of hydrogen-bond donors (Lipinski definition) is 0. The van der Waals surface area contributed by atoms with Crippen molar-refractivity contribution in [3.05, 3.63) is 40.7 Å². The van der Waals surface area contributed by atoms with Gasteiger partial charge in [-0.15, -0.1) is 0 Å². The van der Waals surface area contributed by atoms with Crippen molar-refractivity contribution in [3.63, 3.8) is 0 Å². The Morgan fingerprint density at radius 3 is 2.73 bits per heavy atom. The molecule has 26 heavy (non-hydrogen) atoms. The molecular formula is C18H24N4O2S2. The van der Waals surface area contributed by atoms with Gasteiger partial charge in [0.1, 0.15) is 10.7 Å². The standard InChI is InChI=1S/C18H24N4O2S2/c1-13(2)22-16-11-21(9-14-6-8-25-12-14)10-15(16)20(3)18-17(26(22,23)24)5-4-7-19-18/h4-8,12-13,15-16H,9-11H2,1-3H3/t15-,16+/m0/s1. The summed E-state index contributed by atoms with van der Waals surface area (Å²) in [6.45, 7) is 6.32. The van der Waals surface area contributed by atoms with E-state index in [0.29, 0.717) is 10.7 Å². The van der Waals surface area contributed by atoms with Crippen LogP contribution in [0.4, 0.5) is 5.82 Å². The van der Waals surface area contributed by atoms with E-state index in [1.807, 2.05) is 20.9 Å². The lowest BCUT2D eigenvalue weighted by molar-refractivity contribution is 0.249. The van der Waals surface area contributed by atoms with Crippen LogP contribution in [0.25, 0.3) is 0 Å². The number of anilines is 1. The summed E-state index contributed by atoms with van der Waals surface area (Å²) in [4.78, 5) is 9.15. The minimum Gasteiger partial charge on any atom is -0.353 e. The van der Waals surface area contributed by atoms with Gasteiger partial charge in [0.05, 0.1) is 12.1 Å². The molecule has 4 heterocycles. The molecule has 0 unspecified atom stereocenters. The van der Waals surface area contributed by atoms with Gasteiger partial charge in [-0.25, -0.2) is 13.4 Å². The number of likely N-dealkylation sites (tertiary alicyclic amines) is 1. The second kappa shape index (κ2) is 6.60. The molecule has 0 saturated carbocycles. The third-order valence-corrected chi connectivity index (χ3v) is 8.15.